The van der Waals surface area contributed by atoms with Gasteiger partial charge in [0, 0.05) is 0 Å². The van der Waals surface area contributed by atoms with Crippen molar-refractivity contribution in [3.63, 3.8) is 0 Å². The molecule has 1 saturated heterocycles. The van der Waals surface area contributed by atoms with E-state index in [1.807, 2.05) is 6.92 Å². The highest BCUT2D eigenvalue weighted by Gasteiger charge is 2.57. The molecule has 0 aromatic rings. The van der Waals surface area contributed by atoms with Crippen LogP contribution in [0, 0.1) is 0 Å². The minimum atomic E-state index is -1.68. The second-order valence-corrected chi connectivity index (χ2v) is 23.2. The van der Waals surface area contributed by atoms with Crippen LogP contribution in [0.3, 0.4) is 0 Å². The Morgan fingerprint density at radius 2 is 1.60 bits per heavy atom. The van der Waals surface area contributed by atoms with E-state index >= 15 is 0 Å². The smallest absolute Gasteiger partial charge is 0.217 e. The highest BCUT2D eigenvalue weighted by Crippen LogP contribution is 2.50. The van der Waals surface area contributed by atoms with E-state index in [9.17, 15) is 0 Å². The van der Waals surface area contributed by atoms with E-state index in [4.69, 9.17) is 39.2 Å². The summed E-state index contributed by atoms with van der Waals surface area (Å²) in [7, 11) is -2.92. The summed E-state index contributed by atoms with van der Waals surface area (Å²) in [5.41, 5.74) is -0.601. The molecule has 0 aromatic carbocycles. The first-order valence-electron chi connectivity index (χ1n) is 5.18. The van der Waals surface area contributed by atoms with Crippen LogP contribution in [0.5, 0.6) is 0 Å². The van der Waals surface area contributed by atoms with Crippen molar-refractivity contribution in [2.75, 3.05) is 0 Å². The molecule has 15 heavy (non-hydrogen) atoms. The van der Waals surface area contributed by atoms with E-state index < -0.39 is 24.8 Å². The van der Waals surface area contributed by atoms with Crippen molar-refractivity contribution in [1.29, 1.82) is 0 Å². The Hall–Kier alpha value is 1.26. The zero-order valence-corrected chi connectivity index (χ0v) is 14.2. The molecule has 0 spiro atoms. The normalized spacial score (nSPS) is 35.2. The van der Waals surface area contributed by atoms with E-state index in [0.29, 0.717) is 0 Å². The summed E-state index contributed by atoms with van der Waals surface area (Å²) in [6.07, 6.45) is 0.860. The highest BCUT2D eigenvalue weighted by atomic mass is 35.6. The molecule has 1 aliphatic rings. The number of hydrogen-bond acceptors (Lipinski definition) is 1. The Morgan fingerprint density at radius 1 is 1.13 bits per heavy atom. The average molecular weight is 306 g/mol. The lowest BCUT2D eigenvalue weighted by atomic mass is 10.1. The number of hydrogen-bond donors (Lipinski definition) is 0. The molecular weight excluding hydrogens is 287 g/mol. The molecule has 6 heteroatoms. The Kier molecular flexibility index (Phi) is 3.71. The largest absolute Gasteiger partial charge is 0.410 e. The fourth-order valence-electron chi connectivity index (χ4n) is 1.80. The fourth-order valence-corrected chi connectivity index (χ4v) is 9.45. The Bertz CT molecular complexity index is 263. The second kappa shape index (κ2) is 3.89. The first-order valence-corrected chi connectivity index (χ1v) is 13.4. The van der Waals surface area contributed by atoms with Gasteiger partial charge in [0.25, 0.3) is 0 Å². The van der Waals surface area contributed by atoms with Crippen molar-refractivity contribution >= 4 is 50.2 Å². The molecule has 1 unspecified atom stereocenters. The summed E-state index contributed by atoms with van der Waals surface area (Å²) < 4.78 is 4.93. The molecule has 0 aromatic heterocycles. The van der Waals surface area contributed by atoms with Gasteiger partial charge in [-0.3, -0.25) is 0 Å². The molecule has 0 radical (unpaired) electrons. The van der Waals surface area contributed by atoms with E-state index in [-0.39, 0.29) is 0 Å². The van der Waals surface area contributed by atoms with Crippen LogP contribution in [-0.4, -0.2) is 24.8 Å². The second-order valence-electron chi connectivity index (χ2n) is 5.72. The molecule has 1 rings (SSSR count). The summed E-state index contributed by atoms with van der Waals surface area (Å²) in [5, 5.41) is 0. The maximum absolute atomic E-state index is 6.25. The summed E-state index contributed by atoms with van der Waals surface area (Å²) in [6, 6.07) is 1.19. The maximum Gasteiger partial charge on any atom is 0.217 e. The van der Waals surface area contributed by atoms with Gasteiger partial charge in [-0.15, -0.1) is 0 Å². The first-order chi connectivity index (χ1) is 6.41. The first kappa shape index (κ1) is 14.3. The van der Waals surface area contributed by atoms with Crippen molar-refractivity contribution in [3.05, 3.63) is 0 Å². The van der Waals surface area contributed by atoms with Crippen LogP contribution in [0.2, 0.25) is 32.2 Å². The van der Waals surface area contributed by atoms with Crippen LogP contribution in [0.25, 0.3) is 0 Å². The van der Waals surface area contributed by atoms with Crippen molar-refractivity contribution in [2.24, 2.45) is 0 Å². The van der Waals surface area contributed by atoms with Gasteiger partial charge in [-0.2, -0.15) is 0 Å². The predicted octanol–water partition coefficient (Wildman–Crippen LogP) is 4.53. The zero-order valence-electron chi connectivity index (χ0n) is 9.96. The standard InChI is InChI=1S/C9H19Cl3OSi2/c1-8(9(10,11)12)6-7-14(2,3)15(4,5)13-8/h6-7H2,1-5H3. The van der Waals surface area contributed by atoms with Crippen LogP contribution < -0.4 is 0 Å². The Labute approximate surface area is 109 Å². The fraction of sp³-hybridized carbons (Fsp3) is 1.00. The summed E-state index contributed by atoms with van der Waals surface area (Å²) in [5.74, 6) is 0. The van der Waals surface area contributed by atoms with E-state index in [0.717, 1.165) is 6.42 Å². The summed E-state index contributed by atoms with van der Waals surface area (Å²) in [6.45, 7) is 11.2. The molecule has 0 amide bonds. The van der Waals surface area contributed by atoms with Gasteiger partial charge in [0.15, 0.2) is 7.83 Å². The lowest BCUT2D eigenvalue weighted by Gasteiger charge is -2.53. The molecule has 1 nitrogen and oxygen atoms in total. The quantitative estimate of drug-likeness (QED) is 0.472. The van der Waals surface area contributed by atoms with E-state index in [1.165, 1.54) is 6.04 Å². The molecule has 0 saturated carbocycles. The van der Waals surface area contributed by atoms with Gasteiger partial charge in [0.05, 0.1) is 13.2 Å². The summed E-state index contributed by atoms with van der Waals surface area (Å²) in [4.78, 5) is 0. The highest BCUT2D eigenvalue weighted by molar-refractivity contribution is 7.38. The molecular formula is C9H19Cl3OSi2. The van der Waals surface area contributed by atoms with Crippen molar-refractivity contribution in [1.82, 2.24) is 0 Å². The molecule has 1 aliphatic heterocycles. The molecule has 90 valence electrons. The van der Waals surface area contributed by atoms with Gasteiger partial charge in [-0.1, -0.05) is 53.9 Å². The average Bonchev–Trinajstić information content (AvgIpc) is 1.95. The van der Waals surface area contributed by atoms with Crippen molar-refractivity contribution < 1.29 is 4.43 Å². The van der Waals surface area contributed by atoms with Gasteiger partial charge < -0.3 is 4.43 Å². The molecule has 1 fully saturated rings. The Morgan fingerprint density at radius 3 is 1.93 bits per heavy atom. The van der Waals surface area contributed by atoms with Crippen LogP contribution in [-0.2, 0) is 4.43 Å². The van der Waals surface area contributed by atoms with Crippen LogP contribution >= 0.6 is 34.8 Å². The van der Waals surface area contributed by atoms with Crippen LogP contribution in [0.1, 0.15) is 13.3 Å². The van der Waals surface area contributed by atoms with Gasteiger partial charge in [-0.25, -0.2) is 0 Å². The van der Waals surface area contributed by atoms with Crippen LogP contribution in [0.15, 0.2) is 0 Å². The summed E-state index contributed by atoms with van der Waals surface area (Å²) >= 11 is 18.1. The van der Waals surface area contributed by atoms with Crippen LogP contribution in [0.4, 0.5) is 0 Å². The number of halogens is 3. The van der Waals surface area contributed by atoms with Crippen molar-refractivity contribution in [3.8, 4) is 0 Å². The minimum Gasteiger partial charge on any atom is -0.410 e. The minimum absolute atomic E-state index is 0.601. The van der Waals surface area contributed by atoms with Crippen molar-refractivity contribution in [2.45, 2.75) is 55.0 Å². The lowest BCUT2D eigenvalue weighted by molar-refractivity contribution is 0.0768. The molecule has 0 aliphatic carbocycles. The SMILES string of the molecule is CC1(C(Cl)(Cl)Cl)CC[Si](C)(C)[Si](C)(C)O1. The van der Waals surface area contributed by atoms with Gasteiger partial charge in [0.2, 0.25) is 3.79 Å². The third kappa shape index (κ3) is 2.58. The molecule has 0 N–H and O–H groups in total. The lowest BCUT2D eigenvalue weighted by Crippen LogP contribution is -2.67. The third-order valence-electron chi connectivity index (χ3n) is 3.94. The third-order valence-corrected chi connectivity index (χ3v) is 21.7. The van der Waals surface area contributed by atoms with E-state index in [2.05, 4.69) is 26.2 Å². The molecule has 0 bridgehead atoms. The van der Waals surface area contributed by atoms with Gasteiger partial charge in [0.1, 0.15) is 0 Å². The number of rotatable bonds is 0. The van der Waals surface area contributed by atoms with E-state index in [1.54, 1.807) is 0 Å². The zero-order chi connectivity index (χ0) is 12.1. The Balaban J connectivity index is 2.97. The molecule has 1 heterocycles. The molecule has 1 atom stereocenters. The van der Waals surface area contributed by atoms with Gasteiger partial charge >= 0.3 is 0 Å². The topological polar surface area (TPSA) is 9.23 Å². The maximum atomic E-state index is 6.25. The monoisotopic (exact) mass is 304 g/mol. The predicted molar refractivity (Wildman–Crippen MR) is 74.2 cm³/mol. The van der Waals surface area contributed by atoms with Gasteiger partial charge in [-0.05, 0) is 26.4 Å². The number of alkyl halides is 3.